The van der Waals surface area contributed by atoms with Crippen molar-refractivity contribution in [3.63, 3.8) is 0 Å². The van der Waals surface area contributed by atoms with Gasteiger partial charge in [-0.05, 0) is 12.3 Å². The van der Waals surface area contributed by atoms with Crippen LogP contribution in [0.1, 0.15) is 104 Å². The predicted molar refractivity (Wildman–Crippen MR) is 94.1 cm³/mol. The minimum atomic E-state index is -0.339. The molecule has 0 N–H and O–H groups in total. The number of carbonyl (C=O) groups excluding carboxylic acids is 2. The van der Waals surface area contributed by atoms with Crippen LogP contribution < -0.4 is 0 Å². The third kappa shape index (κ3) is 9.12. The van der Waals surface area contributed by atoms with Gasteiger partial charge in [0.15, 0.2) is 0 Å². The molecule has 2 atom stereocenters. The van der Waals surface area contributed by atoms with E-state index in [4.69, 9.17) is 0 Å². The van der Waals surface area contributed by atoms with Crippen LogP contribution >= 0.6 is 0 Å². The van der Waals surface area contributed by atoms with E-state index in [9.17, 15) is 9.59 Å². The van der Waals surface area contributed by atoms with Gasteiger partial charge in [0.05, 0.1) is 12.3 Å². The third-order valence-corrected chi connectivity index (χ3v) is 5.12. The highest BCUT2D eigenvalue weighted by atomic mass is 16.6. The minimum absolute atomic E-state index is 0.171. The van der Waals surface area contributed by atoms with Crippen molar-refractivity contribution >= 4 is 11.9 Å². The second-order valence-electron chi connectivity index (χ2n) is 7.17. The van der Waals surface area contributed by atoms with E-state index in [-0.39, 0.29) is 17.9 Å². The Hall–Kier alpha value is -0.860. The highest BCUT2D eigenvalue weighted by Crippen LogP contribution is 2.28. The Morgan fingerprint density at radius 3 is 1.96 bits per heavy atom. The Morgan fingerprint density at radius 2 is 1.48 bits per heavy atom. The first-order valence-electron chi connectivity index (χ1n) is 9.91. The number of unbranched alkanes of at least 4 members (excludes halogenated alkanes) is 9. The van der Waals surface area contributed by atoms with Gasteiger partial charge in [-0.2, -0.15) is 0 Å². The van der Waals surface area contributed by atoms with Crippen LogP contribution in [0.4, 0.5) is 0 Å². The minimum Gasteiger partial charge on any atom is -0.393 e. The molecule has 1 aliphatic heterocycles. The molecule has 0 aromatic heterocycles. The van der Waals surface area contributed by atoms with Gasteiger partial charge in [-0.15, -0.1) is 0 Å². The van der Waals surface area contributed by atoms with Crippen molar-refractivity contribution < 1.29 is 14.3 Å². The third-order valence-electron chi connectivity index (χ3n) is 5.12. The zero-order valence-corrected chi connectivity index (χ0v) is 15.3. The van der Waals surface area contributed by atoms with Gasteiger partial charge in [-0.3, -0.25) is 9.59 Å². The normalized spacial score (nSPS) is 19.1. The molecule has 0 amide bonds. The summed E-state index contributed by atoms with van der Waals surface area (Å²) in [5, 5.41) is 0. The smallest absolute Gasteiger partial charge is 0.317 e. The molecule has 0 radical (unpaired) electrons. The summed E-state index contributed by atoms with van der Waals surface area (Å²) in [6, 6.07) is 0. The molecule has 0 bridgehead atoms. The van der Waals surface area contributed by atoms with Crippen molar-refractivity contribution in [2.75, 3.05) is 0 Å². The van der Waals surface area contributed by atoms with Crippen molar-refractivity contribution in [1.29, 1.82) is 0 Å². The molecule has 0 spiro atoms. The summed E-state index contributed by atoms with van der Waals surface area (Å²) >= 11 is 0. The summed E-state index contributed by atoms with van der Waals surface area (Å²) in [6.07, 6.45) is 17.0. The lowest BCUT2D eigenvalue weighted by Crippen LogP contribution is -2.13. The topological polar surface area (TPSA) is 43.4 Å². The summed E-state index contributed by atoms with van der Waals surface area (Å²) in [4.78, 5) is 22.7. The van der Waals surface area contributed by atoms with Crippen molar-refractivity contribution in [2.45, 2.75) is 104 Å². The van der Waals surface area contributed by atoms with Crippen LogP contribution in [0, 0.1) is 11.8 Å². The maximum atomic E-state index is 11.5. The van der Waals surface area contributed by atoms with E-state index >= 15 is 0 Å². The zero-order valence-electron chi connectivity index (χ0n) is 15.3. The maximum Gasteiger partial charge on any atom is 0.317 e. The van der Waals surface area contributed by atoms with Crippen molar-refractivity contribution in [3.8, 4) is 0 Å². The van der Waals surface area contributed by atoms with E-state index in [1.54, 1.807) is 0 Å². The number of carbonyl (C=O) groups is 2. The number of esters is 2. The lowest BCUT2D eigenvalue weighted by molar-refractivity contribution is -0.153. The molecule has 1 saturated heterocycles. The second-order valence-corrected chi connectivity index (χ2v) is 7.17. The summed E-state index contributed by atoms with van der Waals surface area (Å²) in [5.74, 6) is -0.242. The first-order valence-corrected chi connectivity index (χ1v) is 9.91. The van der Waals surface area contributed by atoms with Gasteiger partial charge in [-0.1, -0.05) is 90.9 Å². The molecule has 0 aromatic rings. The molecule has 2 unspecified atom stereocenters. The van der Waals surface area contributed by atoms with Crippen LogP contribution in [-0.4, -0.2) is 11.9 Å². The molecule has 134 valence electrons. The zero-order chi connectivity index (χ0) is 16.9. The van der Waals surface area contributed by atoms with Crippen molar-refractivity contribution in [1.82, 2.24) is 0 Å². The van der Waals surface area contributed by atoms with Crippen molar-refractivity contribution in [2.24, 2.45) is 11.8 Å². The number of rotatable bonds is 14. The van der Waals surface area contributed by atoms with E-state index in [0.29, 0.717) is 12.3 Å². The van der Waals surface area contributed by atoms with Gasteiger partial charge in [0.1, 0.15) is 0 Å². The van der Waals surface area contributed by atoms with Crippen LogP contribution in [-0.2, 0) is 14.3 Å². The Morgan fingerprint density at radius 1 is 0.913 bits per heavy atom. The number of hydrogen-bond acceptors (Lipinski definition) is 3. The molecule has 1 aliphatic rings. The van der Waals surface area contributed by atoms with Crippen LogP contribution in [0.25, 0.3) is 0 Å². The highest BCUT2D eigenvalue weighted by Gasteiger charge is 2.34. The SMILES string of the molecule is CCCCCCCCCCCCC(CC)CC1CC(=O)OC1=O. The Balaban J connectivity index is 1.98. The van der Waals surface area contributed by atoms with E-state index < -0.39 is 0 Å². The number of ether oxygens (including phenoxy) is 1. The van der Waals surface area contributed by atoms with E-state index in [2.05, 4.69) is 18.6 Å². The van der Waals surface area contributed by atoms with Gasteiger partial charge < -0.3 is 4.74 Å². The van der Waals surface area contributed by atoms with Gasteiger partial charge >= 0.3 is 11.9 Å². The molecule has 0 aliphatic carbocycles. The van der Waals surface area contributed by atoms with E-state index in [1.165, 1.54) is 70.6 Å². The van der Waals surface area contributed by atoms with Crippen LogP contribution in [0.2, 0.25) is 0 Å². The van der Waals surface area contributed by atoms with Gasteiger partial charge in [0, 0.05) is 0 Å². The second kappa shape index (κ2) is 12.5. The first kappa shape index (κ1) is 20.2. The fraction of sp³-hybridized carbons (Fsp3) is 0.900. The molecule has 1 heterocycles. The fourth-order valence-corrected chi connectivity index (χ4v) is 3.51. The maximum absolute atomic E-state index is 11.5. The van der Waals surface area contributed by atoms with E-state index in [1.807, 2.05) is 0 Å². The van der Waals surface area contributed by atoms with Crippen LogP contribution in [0.15, 0.2) is 0 Å². The van der Waals surface area contributed by atoms with Gasteiger partial charge in [-0.25, -0.2) is 0 Å². The molecular formula is C20H36O3. The summed E-state index contributed by atoms with van der Waals surface area (Å²) in [6.45, 7) is 4.44. The fourth-order valence-electron chi connectivity index (χ4n) is 3.51. The molecule has 23 heavy (non-hydrogen) atoms. The molecule has 1 fully saturated rings. The van der Waals surface area contributed by atoms with Gasteiger partial charge in [0.25, 0.3) is 0 Å². The Labute approximate surface area is 142 Å². The Bertz CT molecular complexity index is 338. The lowest BCUT2D eigenvalue weighted by Gasteiger charge is -2.16. The predicted octanol–water partition coefficient (Wildman–Crippen LogP) is 5.80. The lowest BCUT2D eigenvalue weighted by atomic mass is 9.87. The molecular weight excluding hydrogens is 288 g/mol. The summed E-state index contributed by atoms with van der Waals surface area (Å²) in [7, 11) is 0. The molecule has 1 rings (SSSR count). The largest absolute Gasteiger partial charge is 0.393 e. The van der Waals surface area contributed by atoms with Crippen molar-refractivity contribution in [3.05, 3.63) is 0 Å². The summed E-state index contributed by atoms with van der Waals surface area (Å²) < 4.78 is 4.65. The van der Waals surface area contributed by atoms with E-state index in [0.717, 1.165) is 12.8 Å². The quantitative estimate of drug-likeness (QED) is 0.230. The van der Waals surface area contributed by atoms with Gasteiger partial charge in [0.2, 0.25) is 0 Å². The first-order chi connectivity index (χ1) is 11.2. The number of cyclic esters (lactones) is 2. The number of hydrogen-bond donors (Lipinski definition) is 0. The standard InChI is InChI=1S/C20H36O3/c1-3-5-6-7-8-9-10-11-12-13-14-17(4-2)15-18-16-19(21)23-20(18)22/h17-18H,3-16H2,1-2H3. The molecule has 0 aromatic carbocycles. The average Bonchev–Trinajstić information content (AvgIpc) is 2.85. The molecule has 0 saturated carbocycles. The average molecular weight is 325 g/mol. The van der Waals surface area contributed by atoms with Crippen LogP contribution in [0.5, 0.6) is 0 Å². The Kier molecular flexibility index (Phi) is 11.0. The highest BCUT2D eigenvalue weighted by molar-refractivity contribution is 5.94. The monoisotopic (exact) mass is 324 g/mol. The van der Waals surface area contributed by atoms with Crippen LogP contribution in [0.3, 0.4) is 0 Å². The summed E-state index contributed by atoms with van der Waals surface area (Å²) in [5.41, 5.74) is 0. The molecule has 3 heteroatoms. The molecule has 3 nitrogen and oxygen atoms in total.